The molecule has 1 saturated carbocycles. The molecule has 1 aromatic carbocycles. The van der Waals surface area contributed by atoms with E-state index in [1.165, 1.54) is 6.42 Å². The second-order valence-corrected chi connectivity index (χ2v) is 6.84. The molecule has 0 spiro atoms. The standard InChI is InChI=1S/C21H23N3O2/c1-26-18-11-12-24-19(14-22-20(24)13-18)15-7-9-17(10-8-15)23-21(25)16-5-3-2-4-6-16/h7-14,16H,2-6H2,1H3,(H,23,25). The molecule has 5 nitrogen and oxygen atoms in total. The monoisotopic (exact) mass is 349 g/mol. The van der Waals surface area contributed by atoms with Crippen molar-refractivity contribution >= 4 is 17.2 Å². The number of hydrogen-bond donors (Lipinski definition) is 1. The summed E-state index contributed by atoms with van der Waals surface area (Å²) >= 11 is 0. The maximum absolute atomic E-state index is 12.4. The van der Waals surface area contributed by atoms with Crippen LogP contribution in [0.1, 0.15) is 32.1 Å². The summed E-state index contributed by atoms with van der Waals surface area (Å²) in [6.45, 7) is 0. The Bertz CT molecular complexity index is 909. The van der Waals surface area contributed by atoms with Crippen LogP contribution in [0.25, 0.3) is 16.9 Å². The van der Waals surface area contributed by atoms with E-state index in [-0.39, 0.29) is 11.8 Å². The lowest BCUT2D eigenvalue weighted by atomic mass is 9.88. The predicted octanol–water partition coefficient (Wildman–Crippen LogP) is 4.53. The lowest BCUT2D eigenvalue weighted by Crippen LogP contribution is -2.24. The van der Waals surface area contributed by atoms with Crippen molar-refractivity contribution in [3.05, 3.63) is 48.8 Å². The molecule has 2 heterocycles. The normalized spacial score (nSPS) is 15.1. The van der Waals surface area contributed by atoms with Gasteiger partial charge in [0.15, 0.2) is 0 Å². The SMILES string of the molecule is COc1ccn2c(-c3ccc(NC(=O)C4CCCCC4)cc3)cnc2c1. The second-order valence-electron chi connectivity index (χ2n) is 6.84. The Morgan fingerprint density at radius 1 is 1.15 bits per heavy atom. The number of ether oxygens (including phenoxy) is 1. The van der Waals surface area contributed by atoms with Crippen LogP contribution < -0.4 is 10.1 Å². The first-order chi connectivity index (χ1) is 12.7. The van der Waals surface area contributed by atoms with Gasteiger partial charge in [0.25, 0.3) is 0 Å². The lowest BCUT2D eigenvalue weighted by molar-refractivity contribution is -0.120. The number of aromatic nitrogens is 2. The fraction of sp³-hybridized carbons (Fsp3) is 0.333. The van der Waals surface area contributed by atoms with Crippen LogP contribution in [0.2, 0.25) is 0 Å². The highest BCUT2D eigenvalue weighted by atomic mass is 16.5. The Labute approximate surface area is 153 Å². The molecule has 0 saturated heterocycles. The van der Waals surface area contributed by atoms with Crippen LogP contribution in [0.5, 0.6) is 5.75 Å². The molecule has 0 atom stereocenters. The van der Waals surface area contributed by atoms with Crippen molar-refractivity contribution in [3.8, 4) is 17.0 Å². The molecular weight excluding hydrogens is 326 g/mol. The van der Waals surface area contributed by atoms with Crippen molar-refractivity contribution in [1.82, 2.24) is 9.38 Å². The zero-order chi connectivity index (χ0) is 17.9. The Balaban J connectivity index is 1.51. The number of imidazole rings is 1. The summed E-state index contributed by atoms with van der Waals surface area (Å²) < 4.78 is 7.27. The van der Waals surface area contributed by atoms with Crippen LogP contribution in [0.15, 0.2) is 48.8 Å². The summed E-state index contributed by atoms with van der Waals surface area (Å²) in [5.74, 6) is 1.10. The number of hydrogen-bond acceptors (Lipinski definition) is 3. The molecule has 0 bridgehead atoms. The first-order valence-corrected chi connectivity index (χ1v) is 9.17. The summed E-state index contributed by atoms with van der Waals surface area (Å²) in [7, 11) is 1.65. The number of rotatable bonds is 4. The fourth-order valence-electron chi connectivity index (χ4n) is 3.64. The molecule has 4 rings (SSSR count). The molecule has 0 radical (unpaired) electrons. The van der Waals surface area contributed by atoms with Crippen molar-refractivity contribution in [3.63, 3.8) is 0 Å². The lowest BCUT2D eigenvalue weighted by Gasteiger charge is -2.20. The fourth-order valence-corrected chi connectivity index (χ4v) is 3.64. The van der Waals surface area contributed by atoms with Gasteiger partial charge in [-0.1, -0.05) is 31.4 Å². The van der Waals surface area contributed by atoms with Gasteiger partial charge in [0.05, 0.1) is 19.0 Å². The Hall–Kier alpha value is -2.82. The Kier molecular flexibility index (Phi) is 4.61. The largest absolute Gasteiger partial charge is 0.497 e. The highest BCUT2D eigenvalue weighted by Crippen LogP contribution is 2.27. The van der Waals surface area contributed by atoms with Gasteiger partial charge in [0, 0.05) is 29.4 Å². The summed E-state index contributed by atoms with van der Waals surface area (Å²) in [4.78, 5) is 16.8. The number of methoxy groups -OCH3 is 1. The molecule has 1 aliphatic rings. The topological polar surface area (TPSA) is 55.6 Å². The van der Waals surface area contributed by atoms with E-state index >= 15 is 0 Å². The number of nitrogens with zero attached hydrogens (tertiary/aromatic N) is 2. The van der Waals surface area contributed by atoms with Crippen LogP contribution in [0.4, 0.5) is 5.69 Å². The van der Waals surface area contributed by atoms with E-state index in [0.717, 1.165) is 54.0 Å². The van der Waals surface area contributed by atoms with Crippen molar-refractivity contribution in [2.75, 3.05) is 12.4 Å². The highest BCUT2D eigenvalue weighted by molar-refractivity contribution is 5.92. The number of carbonyl (C=O) groups is 1. The molecule has 1 aliphatic carbocycles. The molecule has 0 aliphatic heterocycles. The number of benzene rings is 1. The molecule has 1 amide bonds. The van der Waals surface area contributed by atoms with Gasteiger partial charge in [0.1, 0.15) is 11.4 Å². The number of nitrogens with one attached hydrogen (secondary N) is 1. The second kappa shape index (κ2) is 7.20. The predicted molar refractivity (Wildman–Crippen MR) is 102 cm³/mol. The van der Waals surface area contributed by atoms with Gasteiger partial charge in [-0.05, 0) is 31.0 Å². The summed E-state index contributed by atoms with van der Waals surface area (Å²) in [5, 5.41) is 3.06. The summed E-state index contributed by atoms with van der Waals surface area (Å²) in [6, 6.07) is 11.8. The Morgan fingerprint density at radius 3 is 2.65 bits per heavy atom. The van der Waals surface area contributed by atoms with Crippen molar-refractivity contribution in [2.45, 2.75) is 32.1 Å². The van der Waals surface area contributed by atoms with E-state index in [1.807, 2.05) is 53.2 Å². The van der Waals surface area contributed by atoms with Gasteiger partial charge in [-0.25, -0.2) is 4.98 Å². The zero-order valence-corrected chi connectivity index (χ0v) is 14.9. The van der Waals surface area contributed by atoms with E-state index in [4.69, 9.17) is 4.74 Å². The minimum Gasteiger partial charge on any atom is -0.497 e. The summed E-state index contributed by atoms with van der Waals surface area (Å²) in [6.07, 6.45) is 9.40. The minimum atomic E-state index is 0.152. The van der Waals surface area contributed by atoms with Crippen LogP contribution in [0.3, 0.4) is 0 Å². The maximum Gasteiger partial charge on any atom is 0.227 e. The smallest absolute Gasteiger partial charge is 0.227 e. The zero-order valence-electron chi connectivity index (χ0n) is 14.9. The van der Waals surface area contributed by atoms with E-state index in [2.05, 4.69) is 10.3 Å². The molecular formula is C21H23N3O2. The van der Waals surface area contributed by atoms with Gasteiger partial charge in [-0.3, -0.25) is 9.20 Å². The van der Waals surface area contributed by atoms with E-state index < -0.39 is 0 Å². The van der Waals surface area contributed by atoms with Crippen molar-refractivity contribution < 1.29 is 9.53 Å². The number of carbonyl (C=O) groups excluding carboxylic acids is 1. The van der Waals surface area contributed by atoms with Gasteiger partial charge in [0.2, 0.25) is 5.91 Å². The number of amides is 1. The third kappa shape index (κ3) is 3.29. The minimum absolute atomic E-state index is 0.152. The molecule has 1 N–H and O–H groups in total. The molecule has 134 valence electrons. The average molecular weight is 349 g/mol. The number of anilines is 1. The molecule has 1 fully saturated rings. The number of pyridine rings is 1. The van der Waals surface area contributed by atoms with Crippen LogP contribution in [-0.4, -0.2) is 22.4 Å². The highest BCUT2D eigenvalue weighted by Gasteiger charge is 2.21. The molecule has 5 heteroatoms. The third-order valence-corrected chi connectivity index (χ3v) is 5.14. The third-order valence-electron chi connectivity index (χ3n) is 5.14. The van der Waals surface area contributed by atoms with Crippen molar-refractivity contribution in [2.24, 2.45) is 5.92 Å². The number of fused-ring (bicyclic) bond motifs is 1. The van der Waals surface area contributed by atoms with Gasteiger partial charge < -0.3 is 10.1 Å². The Morgan fingerprint density at radius 2 is 1.92 bits per heavy atom. The van der Waals surface area contributed by atoms with E-state index in [9.17, 15) is 4.79 Å². The van der Waals surface area contributed by atoms with E-state index in [1.54, 1.807) is 7.11 Å². The van der Waals surface area contributed by atoms with Gasteiger partial charge in [-0.2, -0.15) is 0 Å². The van der Waals surface area contributed by atoms with Crippen LogP contribution in [-0.2, 0) is 4.79 Å². The molecule has 26 heavy (non-hydrogen) atoms. The van der Waals surface area contributed by atoms with Crippen molar-refractivity contribution in [1.29, 1.82) is 0 Å². The quantitative estimate of drug-likeness (QED) is 0.753. The molecule has 3 aromatic rings. The van der Waals surface area contributed by atoms with Crippen LogP contribution >= 0.6 is 0 Å². The molecule has 2 aromatic heterocycles. The van der Waals surface area contributed by atoms with Gasteiger partial charge >= 0.3 is 0 Å². The first-order valence-electron chi connectivity index (χ1n) is 9.17. The van der Waals surface area contributed by atoms with E-state index in [0.29, 0.717) is 0 Å². The first kappa shape index (κ1) is 16.6. The molecule has 0 unspecified atom stereocenters. The average Bonchev–Trinajstić information content (AvgIpc) is 3.12. The van der Waals surface area contributed by atoms with Gasteiger partial charge in [-0.15, -0.1) is 0 Å². The van der Waals surface area contributed by atoms with Crippen LogP contribution in [0, 0.1) is 5.92 Å². The summed E-state index contributed by atoms with van der Waals surface area (Å²) in [5.41, 5.74) is 3.75. The maximum atomic E-state index is 12.4.